The standard InChI is InChI=1S/C29H41N9O2/c1-20(2)37-27(40)23-19-30-28(31-22-11-12-24(21(3)18-22)36-15-13-34(7)14-16-36)32-26(23)38(37)25(10-9-17-39)33-35(8)29(4,5)6/h9-12,17-20H,13-16H2,1-8H3,(H,30,31,32)/b10-9-,33-25+. The highest BCUT2D eigenvalue weighted by atomic mass is 16.1. The number of hydrogen-bond donors (Lipinski definition) is 1. The summed E-state index contributed by atoms with van der Waals surface area (Å²) in [6, 6.07) is 6.05. The number of hydrogen-bond acceptors (Lipinski definition) is 9. The minimum absolute atomic E-state index is 0.197. The second kappa shape index (κ2) is 11.6. The van der Waals surface area contributed by atoms with Gasteiger partial charge in [-0.15, -0.1) is 0 Å². The molecule has 2 aromatic heterocycles. The molecule has 0 bridgehead atoms. The first-order valence-electron chi connectivity index (χ1n) is 13.7. The van der Waals surface area contributed by atoms with Crippen LogP contribution in [0, 0.1) is 6.92 Å². The molecule has 0 spiro atoms. The molecule has 3 heterocycles. The maximum Gasteiger partial charge on any atom is 0.278 e. The maximum absolute atomic E-state index is 13.4. The van der Waals surface area contributed by atoms with Crippen LogP contribution in [0.25, 0.3) is 11.0 Å². The van der Waals surface area contributed by atoms with Gasteiger partial charge in [-0.25, -0.2) is 14.3 Å². The Hall–Kier alpha value is -3.99. The molecule has 0 atom stereocenters. The van der Waals surface area contributed by atoms with Crippen LogP contribution in [0.15, 0.2) is 46.4 Å². The van der Waals surface area contributed by atoms with Gasteiger partial charge in [-0.05, 0) is 84.5 Å². The Morgan fingerprint density at radius 1 is 1.18 bits per heavy atom. The first-order chi connectivity index (χ1) is 18.9. The van der Waals surface area contributed by atoms with Crippen molar-refractivity contribution < 1.29 is 4.79 Å². The van der Waals surface area contributed by atoms with Crippen LogP contribution in [0.4, 0.5) is 17.3 Å². The van der Waals surface area contributed by atoms with Crippen molar-refractivity contribution in [3.05, 3.63) is 52.5 Å². The summed E-state index contributed by atoms with van der Waals surface area (Å²) in [6.45, 7) is 16.1. The Kier molecular flexibility index (Phi) is 8.43. The van der Waals surface area contributed by atoms with Gasteiger partial charge < -0.3 is 15.1 Å². The molecule has 3 aromatic rings. The van der Waals surface area contributed by atoms with E-state index in [0.717, 1.165) is 37.4 Å². The number of carbonyl (C=O) groups excluding carboxylic acids is 1. The number of anilines is 3. The van der Waals surface area contributed by atoms with Crippen molar-refractivity contribution in [2.24, 2.45) is 5.10 Å². The van der Waals surface area contributed by atoms with Gasteiger partial charge in [-0.3, -0.25) is 14.6 Å². The fourth-order valence-electron chi connectivity index (χ4n) is 4.59. The molecule has 1 aliphatic rings. The molecule has 4 rings (SSSR count). The number of aryl methyl sites for hydroxylation is 1. The number of likely N-dealkylation sites (N-methyl/N-ethyl adjacent to an activating group) is 1. The second-order valence-electron chi connectivity index (χ2n) is 11.6. The van der Waals surface area contributed by atoms with E-state index in [1.807, 2.05) is 47.7 Å². The number of nitrogens with zero attached hydrogens (tertiary/aromatic N) is 8. The number of piperazine rings is 1. The number of carbonyl (C=O) groups is 1. The Morgan fingerprint density at radius 2 is 1.88 bits per heavy atom. The van der Waals surface area contributed by atoms with Gasteiger partial charge in [-0.2, -0.15) is 10.1 Å². The smallest absolute Gasteiger partial charge is 0.278 e. The number of fused-ring (bicyclic) bond motifs is 1. The van der Waals surface area contributed by atoms with Crippen molar-refractivity contribution in [3.8, 4) is 0 Å². The van der Waals surface area contributed by atoms with Crippen LogP contribution in [0.1, 0.15) is 46.2 Å². The van der Waals surface area contributed by atoms with Crippen molar-refractivity contribution >= 4 is 40.5 Å². The molecular formula is C29H41N9O2. The van der Waals surface area contributed by atoms with Crippen molar-refractivity contribution in [3.63, 3.8) is 0 Å². The van der Waals surface area contributed by atoms with E-state index in [9.17, 15) is 9.59 Å². The summed E-state index contributed by atoms with van der Waals surface area (Å²) in [5, 5.41) is 10.2. The molecular weight excluding hydrogens is 506 g/mol. The molecule has 0 amide bonds. The Balaban J connectivity index is 1.77. The second-order valence-corrected chi connectivity index (χ2v) is 11.6. The zero-order chi connectivity index (χ0) is 29.2. The molecule has 1 fully saturated rings. The molecule has 11 nitrogen and oxygen atoms in total. The molecule has 1 N–H and O–H groups in total. The molecule has 40 heavy (non-hydrogen) atoms. The van der Waals surface area contributed by atoms with Gasteiger partial charge in [0.05, 0.1) is 0 Å². The van der Waals surface area contributed by atoms with Crippen LogP contribution in [0.2, 0.25) is 0 Å². The van der Waals surface area contributed by atoms with Gasteiger partial charge in [0.2, 0.25) is 5.95 Å². The first-order valence-corrected chi connectivity index (χ1v) is 13.7. The van der Waals surface area contributed by atoms with Crippen LogP contribution >= 0.6 is 0 Å². The first kappa shape index (κ1) is 29.0. The molecule has 214 valence electrons. The Morgan fingerprint density at radius 3 is 2.48 bits per heavy atom. The lowest BCUT2D eigenvalue weighted by molar-refractivity contribution is -0.104. The van der Waals surface area contributed by atoms with E-state index in [1.54, 1.807) is 26.6 Å². The number of aldehydes is 1. The fourth-order valence-corrected chi connectivity index (χ4v) is 4.59. The highest BCUT2D eigenvalue weighted by molar-refractivity contribution is 6.01. The molecule has 0 saturated carbocycles. The van der Waals surface area contributed by atoms with E-state index >= 15 is 0 Å². The molecule has 0 aliphatic carbocycles. The van der Waals surface area contributed by atoms with Gasteiger partial charge >= 0.3 is 0 Å². The van der Waals surface area contributed by atoms with Gasteiger partial charge in [0.25, 0.3) is 5.56 Å². The van der Waals surface area contributed by atoms with Gasteiger partial charge in [0, 0.05) is 62.4 Å². The van der Waals surface area contributed by atoms with E-state index in [1.165, 1.54) is 11.8 Å². The molecule has 0 unspecified atom stereocenters. The summed E-state index contributed by atoms with van der Waals surface area (Å²) in [5.74, 6) is 0.749. The summed E-state index contributed by atoms with van der Waals surface area (Å²) in [7, 11) is 4.01. The number of nitrogens with one attached hydrogen (secondary N) is 1. The number of allylic oxidation sites excluding steroid dienone is 2. The lowest BCUT2D eigenvalue weighted by atomic mass is 10.1. The lowest BCUT2D eigenvalue weighted by Gasteiger charge is -2.35. The lowest BCUT2D eigenvalue weighted by Crippen LogP contribution is -2.44. The zero-order valence-corrected chi connectivity index (χ0v) is 24.8. The number of aromatic nitrogens is 4. The van der Waals surface area contributed by atoms with Crippen LogP contribution in [0.5, 0.6) is 0 Å². The largest absolute Gasteiger partial charge is 0.369 e. The number of rotatable bonds is 7. The minimum atomic E-state index is -0.290. The Bertz CT molecular complexity index is 1490. The third-order valence-corrected chi connectivity index (χ3v) is 7.17. The van der Waals surface area contributed by atoms with E-state index in [2.05, 4.69) is 46.2 Å². The summed E-state index contributed by atoms with van der Waals surface area (Å²) >= 11 is 0. The van der Waals surface area contributed by atoms with E-state index in [4.69, 9.17) is 10.1 Å². The molecule has 1 aromatic carbocycles. The van der Waals surface area contributed by atoms with Gasteiger partial charge in [-0.1, -0.05) is 0 Å². The molecule has 0 radical (unpaired) electrons. The summed E-state index contributed by atoms with van der Waals surface area (Å²) < 4.78 is 3.25. The monoisotopic (exact) mass is 547 g/mol. The normalized spacial score (nSPS) is 15.4. The fraction of sp³-hybridized carbons (Fsp3) is 0.483. The highest BCUT2D eigenvalue weighted by Crippen LogP contribution is 2.26. The average molecular weight is 548 g/mol. The zero-order valence-electron chi connectivity index (χ0n) is 24.8. The van der Waals surface area contributed by atoms with Gasteiger partial charge in [0.15, 0.2) is 11.5 Å². The quantitative estimate of drug-likeness (QED) is 0.157. The minimum Gasteiger partial charge on any atom is -0.369 e. The van der Waals surface area contributed by atoms with E-state index in [0.29, 0.717) is 29.1 Å². The highest BCUT2D eigenvalue weighted by Gasteiger charge is 2.23. The summed E-state index contributed by atoms with van der Waals surface area (Å²) in [5.41, 5.74) is 3.13. The number of benzene rings is 1. The molecule has 1 aliphatic heterocycles. The van der Waals surface area contributed by atoms with Crippen LogP contribution in [-0.2, 0) is 4.79 Å². The SMILES string of the molecule is Cc1cc(Nc2ncc3c(=O)n(C(C)C)n(C(/C=C\C=O)=N/N(C)C(C)(C)C)c3n2)ccc1N1CCN(C)CC1. The maximum atomic E-state index is 13.4. The van der Waals surface area contributed by atoms with E-state index < -0.39 is 0 Å². The van der Waals surface area contributed by atoms with Crippen molar-refractivity contribution in [2.75, 3.05) is 50.5 Å². The third kappa shape index (κ3) is 6.09. The van der Waals surface area contributed by atoms with Crippen LogP contribution in [-0.4, -0.2) is 87.2 Å². The number of hydrazone groups is 1. The third-order valence-electron chi connectivity index (χ3n) is 7.17. The topological polar surface area (TPSA) is 104 Å². The predicted octanol–water partition coefficient (Wildman–Crippen LogP) is 3.62. The van der Waals surface area contributed by atoms with E-state index in [-0.39, 0.29) is 17.1 Å². The van der Waals surface area contributed by atoms with Gasteiger partial charge in [0.1, 0.15) is 11.7 Å². The predicted molar refractivity (Wildman–Crippen MR) is 162 cm³/mol. The summed E-state index contributed by atoms with van der Waals surface area (Å²) in [6.07, 6.45) is 5.18. The molecule has 1 saturated heterocycles. The Labute approximate surface area is 235 Å². The van der Waals surface area contributed by atoms with Crippen LogP contribution < -0.4 is 15.8 Å². The van der Waals surface area contributed by atoms with Crippen molar-refractivity contribution in [1.82, 2.24) is 29.2 Å². The van der Waals surface area contributed by atoms with Crippen molar-refractivity contribution in [1.29, 1.82) is 0 Å². The molecule has 11 heteroatoms. The summed E-state index contributed by atoms with van der Waals surface area (Å²) in [4.78, 5) is 38.7. The average Bonchev–Trinajstić information content (AvgIpc) is 3.18. The van der Waals surface area contributed by atoms with Crippen LogP contribution in [0.3, 0.4) is 0 Å². The van der Waals surface area contributed by atoms with Crippen molar-refractivity contribution in [2.45, 2.75) is 53.1 Å².